The van der Waals surface area contributed by atoms with Gasteiger partial charge in [-0.05, 0) is 18.6 Å². The number of halogens is 3. The zero-order chi connectivity index (χ0) is 8.43. The van der Waals surface area contributed by atoms with Gasteiger partial charge in [-0.3, -0.25) is 0 Å². The molecule has 0 amide bonds. The number of rotatable bonds is 1. The van der Waals surface area contributed by atoms with E-state index in [-0.39, 0.29) is 10.6 Å². The third kappa shape index (κ3) is 1.51. The summed E-state index contributed by atoms with van der Waals surface area (Å²) in [5.41, 5.74) is 0.0532. The van der Waals surface area contributed by atoms with Crippen LogP contribution in [0.15, 0.2) is 12.1 Å². The van der Waals surface area contributed by atoms with E-state index in [9.17, 15) is 8.78 Å². The first-order chi connectivity index (χ1) is 5.16. The lowest BCUT2D eigenvalue weighted by molar-refractivity contribution is 0.559. The van der Waals surface area contributed by atoms with E-state index in [4.69, 9.17) is 11.6 Å². The largest absolute Gasteiger partial charge is 0.207 e. The topological polar surface area (TPSA) is 0 Å². The fourth-order valence-corrected chi connectivity index (χ4v) is 1.07. The zero-order valence-electron chi connectivity index (χ0n) is 6.00. The van der Waals surface area contributed by atoms with Gasteiger partial charge in [0.25, 0.3) is 0 Å². The van der Waals surface area contributed by atoms with Crippen LogP contribution < -0.4 is 0 Å². The molecule has 60 valence electrons. The predicted octanol–water partition coefficient (Wildman–Crippen LogP) is 3.18. The van der Waals surface area contributed by atoms with Crippen molar-refractivity contribution in [1.82, 2.24) is 0 Å². The first-order valence-corrected chi connectivity index (χ1v) is 3.67. The lowest BCUT2D eigenvalue weighted by atomic mass is 10.1. The molecule has 0 aromatic heterocycles. The number of hydrogen-bond acceptors (Lipinski definition) is 0. The second kappa shape index (κ2) is 3.18. The Morgan fingerprint density at radius 3 is 2.45 bits per heavy atom. The molecule has 0 N–H and O–H groups in total. The van der Waals surface area contributed by atoms with E-state index in [1.165, 1.54) is 12.1 Å². The van der Waals surface area contributed by atoms with E-state index in [1.54, 1.807) is 6.92 Å². The van der Waals surface area contributed by atoms with Gasteiger partial charge in [-0.15, -0.1) is 0 Å². The van der Waals surface area contributed by atoms with Gasteiger partial charge in [0.05, 0.1) is 5.02 Å². The minimum atomic E-state index is -0.644. The predicted molar refractivity (Wildman–Crippen MR) is 40.7 cm³/mol. The molecule has 0 saturated heterocycles. The van der Waals surface area contributed by atoms with Crippen LogP contribution in [-0.2, 0) is 6.42 Å². The molecule has 0 aliphatic rings. The summed E-state index contributed by atoms with van der Waals surface area (Å²) < 4.78 is 25.6. The van der Waals surface area contributed by atoms with Gasteiger partial charge in [-0.1, -0.05) is 18.5 Å². The molecule has 0 unspecified atom stereocenters. The highest BCUT2D eigenvalue weighted by Crippen LogP contribution is 2.20. The Kier molecular flexibility index (Phi) is 2.45. The van der Waals surface area contributed by atoms with Crippen LogP contribution >= 0.6 is 11.6 Å². The van der Waals surface area contributed by atoms with Crippen LogP contribution in [0, 0.1) is 11.6 Å². The highest BCUT2D eigenvalue weighted by molar-refractivity contribution is 6.30. The van der Waals surface area contributed by atoms with Gasteiger partial charge in [0.15, 0.2) is 0 Å². The van der Waals surface area contributed by atoms with E-state index in [0.717, 1.165) is 0 Å². The van der Waals surface area contributed by atoms with Crippen molar-refractivity contribution in [3.63, 3.8) is 0 Å². The Bertz CT molecular complexity index is 271. The summed E-state index contributed by atoms with van der Waals surface area (Å²) in [5, 5.41) is -0.0248. The fourth-order valence-electron chi connectivity index (χ4n) is 0.893. The molecule has 0 spiro atoms. The Labute approximate surface area is 68.8 Å². The van der Waals surface area contributed by atoms with Crippen molar-refractivity contribution in [2.45, 2.75) is 13.3 Å². The Morgan fingerprint density at radius 1 is 1.36 bits per heavy atom. The number of hydrogen-bond donors (Lipinski definition) is 0. The average molecular weight is 177 g/mol. The second-order valence-electron chi connectivity index (χ2n) is 2.18. The van der Waals surface area contributed by atoms with E-state index in [1.807, 2.05) is 0 Å². The Morgan fingerprint density at radius 2 is 2.00 bits per heavy atom. The smallest absolute Gasteiger partial charge is 0.147 e. The normalized spacial score (nSPS) is 10.2. The molecule has 1 aromatic carbocycles. The highest BCUT2D eigenvalue weighted by atomic mass is 35.5. The summed E-state index contributed by atoms with van der Waals surface area (Å²) in [6, 6.07) is 2.38. The van der Waals surface area contributed by atoms with Crippen LogP contribution in [0.5, 0.6) is 0 Å². The van der Waals surface area contributed by atoms with Gasteiger partial charge in [0, 0.05) is 5.56 Å². The Balaban J connectivity index is 3.29. The molecule has 1 rings (SSSR count). The molecule has 0 radical (unpaired) electrons. The standard InChI is InChI=1S/C8H7ClF2/c1-2-5-7(10)4-3-6(9)8(5)11/h3-4H,2H2,1H3. The molecule has 0 aliphatic heterocycles. The number of benzene rings is 1. The summed E-state index contributed by atoms with van der Waals surface area (Å²) in [7, 11) is 0. The summed E-state index contributed by atoms with van der Waals surface area (Å²) >= 11 is 5.42. The zero-order valence-corrected chi connectivity index (χ0v) is 6.75. The second-order valence-corrected chi connectivity index (χ2v) is 2.58. The molecule has 1 aromatic rings. The van der Waals surface area contributed by atoms with E-state index < -0.39 is 11.6 Å². The molecule has 0 atom stereocenters. The maximum Gasteiger partial charge on any atom is 0.147 e. The van der Waals surface area contributed by atoms with Crippen molar-refractivity contribution in [1.29, 1.82) is 0 Å². The van der Waals surface area contributed by atoms with Crippen molar-refractivity contribution < 1.29 is 8.78 Å². The molecule has 0 fully saturated rings. The first-order valence-electron chi connectivity index (χ1n) is 3.29. The van der Waals surface area contributed by atoms with Crippen molar-refractivity contribution >= 4 is 11.6 Å². The molecule has 0 nitrogen and oxygen atoms in total. The van der Waals surface area contributed by atoms with Gasteiger partial charge < -0.3 is 0 Å². The van der Waals surface area contributed by atoms with Crippen molar-refractivity contribution in [2.24, 2.45) is 0 Å². The van der Waals surface area contributed by atoms with Crippen LogP contribution in [0.2, 0.25) is 5.02 Å². The van der Waals surface area contributed by atoms with Gasteiger partial charge in [0.2, 0.25) is 0 Å². The third-order valence-electron chi connectivity index (χ3n) is 1.49. The van der Waals surface area contributed by atoms with Gasteiger partial charge >= 0.3 is 0 Å². The molecule has 3 heteroatoms. The maximum absolute atomic E-state index is 12.9. The Hall–Kier alpha value is -0.630. The maximum atomic E-state index is 12.9. The third-order valence-corrected chi connectivity index (χ3v) is 1.78. The van der Waals surface area contributed by atoms with Crippen LogP contribution in [0.25, 0.3) is 0 Å². The van der Waals surface area contributed by atoms with Crippen LogP contribution in [0.4, 0.5) is 8.78 Å². The first kappa shape index (κ1) is 8.47. The van der Waals surface area contributed by atoms with Crippen molar-refractivity contribution in [3.05, 3.63) is 34.4 Å². The summed E-state index contributed by atoms with van der Waals surface area (Å²) in [5.74, 6) is -1.18. The molecule has 0 saturated carbocycles. The molecule has 0 aliphatic carbocycles. The van der Waals surface area contributed by atoms with Gasteiger partial charge in [-0.2, -0.15) is 0 Å². The fraction of sp³-hybridized carbons (Fsp3) is 0.250. The lowest BCUT2D eigenvalue weighted by Gasteiger charge is -2.01. The van der Waals surface area contributed by atoms with Gasteiger partial charge in [-0.25, -0.2) is 8.78 Å². The molecule has 0 heterocycles. The monoisotopic (exact) mass is 176 g/mol. The van der Waals surface area contributed by atoms with Crippen LogP contribution in [0.1, 0.15) is 12.5 Å². The minimum absolute atomic E-state index is 0.0248. The molecular weight excluding hydrogens is 170 g/mol. The lowest BCUT2D eigenvalue weighted by Crippen LogP contribution is -1.93. The molecule has 11 heavy (non-hydrogen) atoms. The molecule has 0 bridgehead atoms. The minimum Gasteiger partial charge on any atom is -0.207 e. The van der Waals surface area contributed by atoms with Crippen LogP contribution in [0.3, 0.4) is 0 Å². The van der Waals surface area contributed by atoms with Crippen LogP contribution in [-0.4, -0.2) is 0 Å². The van der Waals surface area contributed by atoms with Crippen molar-refractivity contribution in [2.75, 3.05) is 0 Å². The quantitative estimate of drug-likeness (QED) is 0.577. The summed E-state index contributed by atoms with van der Waals surface area (Å²) in [6.07, 6.45) is 0.318. The summed E-state index contributed by atoms with van der Waals surface area (Å²) in [4.78, 5) is 0. The molecular formula is C8H7ClF2. The van der Waals surface area contributed by atoms with E-state index in [0.29, 0.717) is 6.42 Å². The van der Waals surface area contributed by atoms with E-state index >= 15 is 0 Å². The highest BCUT2D eigenvalue weighted by Gasteiger charge is 2.09. The average Bonchev–Trinajstić information content (AvgIpc) is 1.99. The SMILES string of the molecule is CCc1c(F)ccc(Cl)c1F. The van der Waals surface area contributed by atoms with Gasteiger partial charge in [0.1, 0.15) is 11.6 Å². The summed E-state index contributed by atoms with van der Waals surface area (Å²) in [6.45, 7) is 1.68. The van der Waals surface area contributed by atoms with Crippen molar-refractivity contribution in [3.8, 4) is 0 Å². The van der Waals surface area contributed by atoms with E-state index in [2.05, 4.69) is 0 Å².